The van der Waals surface area contributed by atoms with E-state index in [1.54, 1.807) is 0 Å². The number of nitrogens with two attached hydrogens (primary N) is 1. The average Bonchev–Trinajstić information content (AvgIpc) is 2.26. The number of rotatable bonds is 6. The van der Waals surface area contributed by atoms with Gasteiger partial charge in [0.15, 0.2) is 0 Å². The van der Waals surface area contributed by atoms with Crippen LogP contribution in [0.5, 0.6) is 0 Å². The molecule has 2 N–H and O–H groups in total. The third-order valence-corrected chi connectivity index (χ3v) is 3.32. The smallest absolute Gasteiger partial charge is 0.0231 e. The second-order valence-corrected chi connectivity index (χ2v) is 5.25. The lowest BCUT2D eigenvalue weighted by Gasteiger charge is -2.22. The molecular weight excluding hydrogens is 264 g/mol. The maximum absolute atomic E-state index is 5.71. The molecule has 3 heteroatoms. The molecule has 1 unspecified atom stereocenters. The summed E-state index contributed by atoms with van der Waals surface area (Å²) in [5.74, 6) is 0.608. The predicted octanol–water partition coefficient (Wildman–Crippen LogP) is 2.87. The fraction of sp³-hybridized carbons (Fsp3) is 0.538. The molecule has 16 heavy (non-hydrogen) atoms. The van der Waals surface area contributed by atoms with E-state index < -0.39 is 0 Å². The minimum Gasteiger partial charge on any atom is -0.330 e. The molecule has 0 saturated carbocycles. The zero-order valence-electron chi connectivity index (χ0n) is 10.1. The first kappa shape index (κ1) is 13.7. The van der Waals surface area contributed by atoms with Crippen LogP contribution in [0.1, 0.15) is 18.9 Å². The Labute approximate surface area is 107 Å². The van der Waals surface area contributed by atoms with Crippen LogP contribution in [0.3, 0.4) is 0 Å². The summed E-state index contributed by atoms with van der Waals surface area (Å²) in [4.78, 5) is 2.34. The van der Waals surface area contributed by atoms with E-state index in [1.165, 1.54) is 5.56 Å². The van der Waals surface area contributed by atoms with Crippen molar-refractivity contribution in [3.63, 3.8) is 0 Å². The lowest BCUT2D eigenvalue weighted by atomic mass is 10.1. The number of hydrogen-bond donors (Lipinski definition) is 1. The Morgan fingerprint density at radius 1 is 1.44 bits per heavy atom. The van der Waals surface area contributed by atoms with Gasteiger partial charge in [-0.2, -0.15) is 0 Å². The predicted molar refractivity (Wildman–Crippen MR) is 73.3 cm³/mol. The van der Waals surface area contributed by atoms with Gasteiger partial charge in [-0.25, -0.2) is 0 Å². The van der Waals surface area contributed by atoms with Crippen molar-refractivity contribution in [1.82, 2.24) is 4.90 Å². The Balaban J connectivity index is 2.47. The van der Waals surface area contributed by atoms with Crippen LogP contribution in [0.2, 0.25) is 0 Å². The summed E-state index contributed by atoms with van der Waals surface area (Å²) in [6.45, 7) is 5.03. The molecule has 0 saturated heterocycles. The quantitative estimate of drug-likeness (QED) is 0.871. The fourth-order valence-electron chi connectivity index (χ4n) is 1.82. The Bertz CT molecular complexity index is 311. The van der Waals surface area contributed by atoms with Gasteiger partial charge in [-0.05, 0) is 37.2 Å². The Kier molecular flexibility index (Phi) is 6.03. The SMILES string of the molecule is CCC(CN)CN(C)Cc1cccc(Br)c1. The molecule has 90 valence electrons. The molecule has 0 aliphatic heterocycles. The van der Waals surface area contributed by atoms with Gasteiger partial charge in [0.1, 0.15) is 0 Å². The lowest BCUT2D eigenvalue weighted by Crippen LogP contribution is -2.29. The summed E-state index contributed by atoms with van der Waals surface area (Å²) in [7, 11) is 2.15. The molecule has 1 rings (SSSR count). The first-order valence-electron chi connectivity index (χ1n) is 5.78. The van der Waals surface area contributed by atoms with Crippen molar-refractivity contribution in [2.45, 2.75) is 19.9 Å². The Morgan fingerprint density at radius 2 is 2.19 bits per heavy atom. The molecule has 0 heterocycles. The minimum atomic E-state index is 0.608. The zero-order chi connectivity index (χ0) is 12.0. The molecule has 0 aromatic heterocycles. The highest BCUT2D eigenvalue weighted by molar-refractivity contribution is 9.10. The van der Waals surface area contributed by atoms with Crippen molar-refractivity contribution in [2.75, 3.05) is 20.1 Å². The van der Waals surface area contributed by atoms with Gasteiger partial charge < -0.3 is 10.6 Å². The molecule has 0 fully saturated rings. The van der Waals surface area contributed by atoms with Gasteiger partial charge in [0.05, 0.1) is 0 Å². The summed E-state index contributed by atoms with van der Waals surface area (Å²) in [5, 5.41) is 0. The maximum Gasteiger partial charge on any atom is 0.0231 e. The summed E-state index contributed by atoms with van der Waals surface area (Å²) in [6.07, 6.45) is 1.15. The molecule has 2 nitrogen and oxygen atoms in total. The van der Waals surface area contributed by atoms with E-state index in [0.29, 0.717) is 5.92 Å². The van der Waals surface area contributed by atoms with Crippen molar-refractivity contribution < 1.29 is 0 Å². The number of hydrogen-bond acceptors (Lipinski definition) is 2. The highest BCUT2D eigenvalue weighted by atomic mass is 79.9. The van der Waals surface area contributed by atoms with Gasteiger partial charge in [0.25, 0.3) is 0 Å². The second kappa shape index (κ2) is 7.05. The Hall–Kier alpha value is -0.380. The largest absolute Gasteiger partial charge is 0.330 e. The van der Waals surface area contributed by atoms with E-state index in [-0.39, 0.29) is 0 Å². The standard InChI is InChI=1S/C13H21BrN2/c1-3-11(8-15)9-16(2)10-12-5-4-6-13(14)7-12/h4-7,11H,3,8-10,15H2,1-2H3. The van der Waals surface area contributed by atoms with Crippen molar-refractivity contribution in [1.29, 1.82) is 0 Å². The molecule has 1 aromatic rings. The van der Waals surface area contributed by atoms with Crippen LogP contribution in [-0.2, 0) is 6.54 Å². The zero-order valence-corrected chi connectivity index (χ0v) is 11.7. The van der Waals surface area contributed by atoms with Gasteiger partial charge in [-0.15, -0.1) is 0 Å². The number of nitrogens with zero attached hydrogens (tertiary/aromatic N) is 1. The van der Waals surface area contributed by atoms with E-state index in [1.807, 2.05) is 0 Å². The van der Waals surface area contributed by atoms with Crippen molar-refractivity contribution in [3.8, 4) is 0 Å². The molecule has 0 radical (unpaired) electrons. The molecule has 1 atom stereocenters. The minimum absolute atomic E-state index is 0.608. The molecule has 0 aliphatic carbocycles. The second-order valence-electron chi connectivity index (χ2n) is 4.34. The van der Waals surface area contributed by atoms with Gasteiger partial charge >= 0.3 is 0 Å². The number of halogens is 1. The summed E-state index contributed by atoms with van der Waals surface area (Å²) < 4.78 is 1.14. The Morgan fingerprint density at radius 3 is 2.75 bits per heavy atom. The normalized spacial score (nSPS) is 13.1. The van der Waals surface area contributed by atoms with Crippen LogP contribution in [0, 0.1) is 5.92 Å². The van der Waals surface area contributed by atoms with Crippen LogP contribution in [-0.4, -0.2) is 25.0 Å². The highest BCUT2D eigenvalue weighted by Gasteiger charge is 2.08. The van der Waals surface area contributed by atoms with Gasteiger partial charge in [0.2, 0.25) is 0 Å². The van der Waals surface area contributed by atoms with Crippen molar-refractivity contribution >= 4 is 15.9 Å². The van der Waals surface area contributed by atoms with E-state index in [0.717, 1.165) is 30.5 Å². The van der Waals surface area contributed by atoms with Crippen LogP contribution in [0.4, 0.5) is 0 Å². The maximum atomic E-state index is 5.71. The molecule has 0 aliphatic rings. The highest BCUT2D eigenvalue weighted by Crippen LogP contribution is 2.13. The van der Waals surface area contributed by atoms with Crippen LogP contribution in [0.15, 0.2) is 28.7 Å². The van der Waals surface area contributed by atoms with E-state index in [4.69, 9.17) is 5.73 Å². The molecular formula is C13H21BrN2. The van der Waals surface area contributed by atoms with Crippen molar-refractivity contribution in [3.05, 3.63) is 34.3 Å². The first-order valence-corrected chi connectivity index (χ1v) is 6.58. The molecule has 0 spiro atoms. The van der Waals surface area contributed by atoms with Gasteiger partial charge in [-0.3, -0.25) is 0 Å². The fourth-order valence-corrected chi connectivity index (χ4v) is 2.27. The molecule has 1 aromatic carbocycles. The van der Waals surface area contributed by atoms with E-state index >= 15 is 0 Å². The number of benzene rings is 1. The van der Waals surface area contributed by atoms with Crippen molar-refractivity contribution in [2.24, 2.45) is 11.7 Å². The topological polar surface area (TPSA) is 29.3 Å². The van der Waals surface area contributed by atoms with Crippen LogP contribution >= 0.6 is 15.9 Å². The van der Waals surface area contributed by atoms with E-state index in [9.17, 15) is 0 Å². The lowest BCUT2D eigenvalue weighted by molar-refractivity contribution is 0.268. The van der Waals surface area contributed by atoms with Gasteiger partial charge in [0, 0.05) is 17.6 Å². The third kappa shape index (κ3) is 4.64. The monoisotopic (exact) mass is 284 g/mol. The third-order valence-electron chi connectivity index (χ3n) is 2.82. The van der Waals surface area contributed by atoms with E-state index in [2.05, 4.69) is 59.1 Å². The summed E-state index contributed by atoms with van der Waals surface area (Å²) in [5.41, 5.74) is 7.05. The summed E-state index contributed by atoms with van der Waals surface area (Å²) in [6, 6.07) is 8.45. The van der Waals surface area contributed by atoms with Crippen LogP contribution in [0.25, 0.3) is 0 Å². The average molecular weight is 285 g/mol. The molecule has 0 bridgehead atoms. The van der Waals surface area contributed by atoms with Crippen LogP contribution < -0.4 is 5.73 Å². The first-order chi connectivity index (χ1) is 7.65. The molecule has 0 amide bonds. The van der Waals surface area contributed by atoms with Gasteiger partial charge in [-0.1, -0.05) is 41.4 Å². The summed E-state index contributed by atoms with van der Waals surface area (Å²) >= 11 is 3.49.